The van der Waals surface area contributed by atoms with Crippen LogP contribution in [0.1, 0.15) is 15.9 Å². The van der Waals surface area contributed by atoms with Crippen molar-refractivity contribution in [1.82, 2.24) is 5.01 Å². The highest BCUT2D eigenvalue weighted by Gasteiger charge is 2.19. The summed E-state index contributed by atoms with van der Waals surface area (Å²) in [4.78, 5) is 11.7. The number of amides is 1. The smallest absolute Gasteiger partial charge is 0.267 e. The van der Waals surface area contributed by atoms with E-state index >= 15 is 0 Å². The summed E-state index contributed by atoms with van der Waals surface area (Å²) in [6, 6.07) is 3.43. The summed E-state index contributed by atoms with van der Waals surface area (Å²) in [5.74, 6) is 6.41. The van der Waals surface area contributed by atoms with Gasteiger partial charge in [-0.25, -0.2) is 5.84 Å². The topological polar surface area (TPSA) is 64.8 Å². The van der Waals surface area contributed by atoms with Gasteiger partial charge in [0.05, 0.1) is 0 Å². The molecule has 1 aliphatic rings. The minimum absolute atomic E-state index is 0.199. The molecule has 5 heteroatoms. The molecule has 0 saturated heterocycles. The second kappa shape index (κ2) is 3.43. The van der Waals surface area contributed by atoms with Gasteiger partial charge in [-0.2, -0.15) is 0 Å². The van der Waals surface area contributed by atoms with Gasteiger partial charge in [-0.05, 0) is 24.6 Å². The van der Waals surface area contributed by atoms with E-state index in [1.54, 1.807) is 12.1 Å². The Morgan fingerprint density at radius 2 is 2.00 bits per heavy atom. The number of ether oxygens (including phenoxy) is 2. The van der Waals surface area contributed by atoms with Crippen molar-refractivity contribution in [3.63, 3.8) is 0 Å². The number of benzene rings is 1. The number of carbonyl (C=O) groups excluding carboxylic acids is 1. The van der Waals surface area contributed by atoms with Gasteiger partial charge in [-0.15, -0.1) is 0 Å². The van der Waals surface area contributed by atoms with Gasteiger partial charge >= 0.3 is 0 Å². The highest BCUT2D eigenvalue weighted by molar-refractivity contribution is 5.95. The molecule has 0 fully saturated rings. The molecule has 0 radical (unpaired) electrons. The number of rotatable bonds is 1. The van der Waals surface area contributed by atoms with Crippen LogP contribution in [0.4, 0.5) is 0 Å². The molecule has 0 unspecified atom stereocenters. The predicted octanol–water partition coefficient (Wildman–Crippen LogP) is 0.669. The van der Waals surface area contributed by atoms with Gasteiger partial charge in [-0.1, -0.05) is 0 Å². The lowest BCUT2D eigenvalue weighted by Gasteiger charge is -2.12. The van der Waals surface area contributed by atoms with E-state index < -0.39 is 0 Å². The summed E-state index contributed by atoms with van der Waals surface area (Å²) in [6.07, 6.45) is 0. The second-order valence-electron chi connectivity index (χ2n) is 3.44. The van der Waals surface area contributed by atoms with Crippen LogP contribution in [0, 0.1) is 6.92 Å². The van der Waals surface area contributed by atoms with Crippen LogP contribution in [0.15, 0.2) is 12.1 Å². The minimum Gasteiger partial charge on any atom is -0.454 e. The molecular weight excluding hydrogens is 196 g/mol. The first-order valence-corrected chi connectivity index (χ1v) is 4.52. The Balaban J connectivity index is 2.45. The van der Waals surface area contributed by atoms with Crippen molar-refractivity contribution in [2.75, 3.05) is 13.8 Å². The zero-order valence-electron chi connectivity index (χ0n) is 8.61. The number of nitrogens with two attached hydrogens (primary N) is 1. The maximum absolute atomic E-state index is 11.7. The maximum atomic E-state index is 11.7. The van der Waals surface area contributed by atoms with E-state index in [2.05, 4.69) is 0 Å². The Hall–Kier alpha value is -1.75. The zero-order chi connectivity index (χ0) is 11.0. The third kappa shape index (κ3) is 1.61. The van der Waals surface area contributed by atoms with Crippen LogP contribution >= 0.6 is 0 Å². The Bertz CT molecular complexity index is 415. The fourth-order valence-corrected chi connectivity index (χ4v) is 1.46. The monoisotopic (exact) mass is 208 g/mol. The largest absolute Gasteiger partial charge is 0.454 e. The van der Waals surface area contributed by atoms with Gasteiger partial charge in [0.25, 0.3) is 5.91 Å². The average Bonchev–Trinajstić information content (AvgIpc) is 2.62. The molecule has 2 rings (SSSR count). The molecule has 1 aliphatic heterocycles. The Morgan fingerprint density at radius 1 is 1.40 bits per heavy atom. The van der Waals surface area contributed by atoms with Gasteiger partial charge in [0.2, 0.25) is 6.79 Å². The number of fused-ring (bicyclic) bond motifs is 1. The fraction of sp³-hybridized carbons (Fsp3) is 0.300. The number of hydrogen-bond acceptors (Lipinski definition) is 4. The Morgan fingerprint density at radius 3 is 2.60 bits per heavy atom. The summed E-state index contributed by atoms with van der Waals surface area (Å²) >= 11 is 0. The average molecular weight is 208 g/mol. The van der Waals surface area contributed by atoms with E-state index in [0.717, 1.165) is 10.6 Å². The molecule has 1 heterocycles. The molecule has 15 heavy (non-hydrogen) atoms. The van der Waals surface area contributed by atoms with Crippen LogP contribution in [0.2, 0.25) is 0 Å². The number of aryl methyl sites for hydroxylation is 1. The van der Waals surface area contributed by atoms with Gasteiger partial charge in [-0.3, -0.25) is 9.80 Å². The van der Waals surface area contributed by atoms with Crippen molar-refractivity contribution in [2.24, 2.45) is 5.84 Å². The number of hydrazine groups is 1. The molecule has 0 saturated carbocycles. The quantitative estimate of drug-likeness (QED) is 0.418. The normalized spacial score (nSPS) is 12.7. The lowest BCUT2D eigenvalue weighted by Crippen LogP contribution is -2.33. The molecule has 2 N–H and O–H groups in total. The maximum Gasteiger partial charge on any atom is 0.267 e. The molecule has 1 amide bonds. The van der Waals surface area contributed by atoms with E-state index in [1.165, 1.54) is 7.05 Å². The van der Waals surface area contributed by atoms with E-state index in [-0.39, 0.29) is 12.7 Å². The van der Waals surface area contributed by atoms with Gasteiger partial charge < -0.3 is 9.47 Å². The third-order valence-electron chi connectivity index (χ3n) is 2.27. The standard InChI is InChI=1S/C10H12N2O3/c1-6-3-8-9(15-5-14-8)4-7(6)10(13)12(2)11/h3-4H,5,11H2,1-2H3. The van der Waals surface area contributed by atoms with Crippen molar-refractivity contribution in [3.8, 4) is 11.5 Å². The first kappa shape index (κ1) is 9.79. The molecule has 1 aromatic rings. The van der Waals surface area contributed by atoms with Crippen molar-refractivity contribution in [1.29, 1.82) is 0 Å². The van der Waals surface area contributed by atoms with Crippen LogP contribution in [-0.4, -0.2) is 24.8 Å². The van der Waals surface area contributed by atoms with E-state index in [0.29, 0.717) is 17.1 Å². The molecular formula is C10H12N2O3. The molecule has 5 nitrogen and oxygen atoms in total. The highest BCUT2D eigenvalue weighted by atomic mass is 16.7. The highest BCUT2D eigenvalue weighted by Crippen LogP contribution is 2.34. The van der Waals surface area contributed by atoms with Crippen molar-refractivity contribution in [3.05, 3.63) is 23.3 Å². The Kier molecular flexibility index (Phi) is 2.24. The number of carbonyl (C=O) groups is 1. The summed E-state index contributed by atoms with van der Waals surface area (Å²) in [5, 5.41) is 1.05. The summed E-state index contributed by atoms with van der Waals surface area (Å²) in [6.45, 7) is 2.03. The first-order chi connectivity index (χ1) is 7.09. The summed E-state index contributed by atoms with van der Waals surface area (Å²) in [5.41, 5.74) is 1.35. The fourth-order valence-electron chi connectivity index (χ4n) is 1.46. The summed E-state index contributed by atoms with van der Waals surface area (Å²) < 4.78 is 10.4. The molecule has 1 aromatic carbocycles. The van der Waals surface area contributed by atoms with Crippen molar-refractivity contribution in [2.45, 2.75) is 6.92 Å². The van der Waals surface area contributed by atoms with Crippen LogP contribution in [0.25, 0.3) is 0 Å². The van der Waals surface area contributed by atoms with E-state index in [4.69, 9.17) is 15.3 Å². The number of hydrogen-bond donors (Lipinski definition) is 1. The van der Waals surface area contributed by atoms with Crippen LogP contribution in [0.5, 0.6) is 11.5 Å². The molecule has 0 spiro atoms. The lowest BCUT2D eigenvalue weighted by atomic mass is 10.1. The predicted molar refractivity (Wildman–Crippen MR) is 53.6 cm³/mol. The van der Waals surface area contributed by atoms with E-state index in [1.807, 2.05) is 6.92 Å². The van der Waals surface area contributed by atoms with Gasteiger partial charge in [0.15, 0.2) is 11.5 Å². The van der Waals surface area contributed by atoms with Crippen LogP contribution in [-0.2, 0) is 0 Å². The Labute approximate surface area is 87.3 Å². The first-order valence-electron chi connectivity index (χ1n) is 4.52. The van der Waals surface area contributed by atoms with Crippen LogP contribution in [0.3, 0.4) is 0 Å². The molecule has 0 aliphatic carbocycles. The van der Waals surface area contributed by atoms with Gasteiger partial charge in [0, 0.05) is 12.6 Å². The van der Waals surface area contributed by atoms with Gasteiger partial charge in [0.1, 0.15) is 0 Å². The second-order valence-corrected chi connectivity index (χ2v) is 3.44. The number of nitrogens with zero attached hydrogens (tertiary/aromatic N) is 1. The molecule has 0 atom stereocenters. The SMILES string of the molecule is Cc1cc2c(cc1C(=O)N(C)N)OCO2. The molecule has 0 aromatic heterocycles. The molecule has 0 bridgehead atoms. The minimum atomic E-state index is -0.245. The van der Waals surface area contributed by atoms with Crippen molar-refractivity contribution >= 4 is 5.91 Å². The van der Waals surface area contributed by atoms with Crippen molar-refractivity contribution < 1.29 is 14.3 Å². The third-order valence-corrected chi connectivity index (χ3v) is 2.27. The molecule has 80 valence electrons. The van der Waals surface area contributed by atoms with E-state index in [9.17, 15) is 4.79 Å². The lowest BCUT2D eigenvalue weighted by molar-refractivity contribution is 0.0794. The van der Waals surface area contributed by atoms with Crippen LogP contribution < -0.4 is 15.3 Å². The summed E-state index contributed by atoms with van der Waals surface area (Å²) in [7, 11) is 1.51. The zero-order valence-corrected chi connectivity index (χ0v) is 8.61.